The van der Waals surface area contributed by atoms with Crippen molar-refractivity contribution in [3.8, 4) is 6.07 Å². The lowest BCUT2D eigenvalue weighted by molar-refractivity contribution is 0.0765. The van der Waals surface area contributed by atoms with E-state index in [1.807, 2.05) is 43.3 Å². The second-order valence-electron chi connectivity index (χ2n) is 4.77. The number of rotatable bonds is 4. The number of carbonyl (C=O) groups excluding carboxylic acids is 1. The zero-order valence-corrected chi connectivity index (χ0v) is 10.8. The van der Waals surface area contributed by atoms with E-state index in [0.717, 1.165) is 18.5 Å². The Balaban J connectivity index is 2.21. The lowest BCUT2D eigenvalue weighted by Crippen LogP contribution is -2.33. The summed E-state index contributed by atoms with van der Waals surface area (Å²) in [6.45, 7) is 0.176. The molecule has 0 aliphatic heterocycles. The predicted molar refractivity (Wildman–Crippen MR) is 70.4 cm³/mol. The molecule has 1 aromatic carbocycles. The third kappa shape index (κ3) is 2.62. The molecule has 1 aliphatic rings. The summed E-state index contributed by atoms with van der Waals surface area (Å²) in [4.78, 5) is 16.0. The van der Waals surface area contributed by atoms with Crippen molar-refractivity contribution in [1.29, 1.82) is 5.26 Å². The third-order valence-corrected chi connectivity index (χ3v) is 3.10. The van der Waals surface area contributed by atoms with Crippen LogP contribution in [0.4, 0.5) is 5.69 Å². The van der Waals surface area contributed by atoms with Gasteiger partial charge in [-0.05, 0) is 31.0 Å². The highest BCUT2D eigenvalue weighted by Gasteiger charge is 2.32. The smallest absolute Gasteiger partial charge is 0.255 e. The van der Waals surface area contributed by atoms with E-state index in [2.05, 4.69) is 6.07 Å². The Hall–Kier alpha value is -2.02. The van der Waals surface area contributed by atoms with E-state index in [1.54, 1.807) is 4.90 Å². The van der Waals surface area contributed by atoms with Gasteiger partial charge in [0, 0.05) is 31.4 Å². The summed E-state index contributed by atoms with van der Waals surface area (Å²) in [5, 5.41) is 8.80. The molecule has 0 aromatic heterocycles. The van der Waals surface area contributed by atoms with Crippen LogP contribution in [-0.4, -0.2) is 37.5 Å². The number of benzene rings is 1. The Kier molecular flexibility index (Phi) is 3.52. The largest absolute Gasteiger partial charge is 0.378 e. The van der Waals surface area contributed by atoms with Crippen molar-refractivity contribution in [2.75, 3.05) is 25.5 Å². The Bertz CT molecular complexity index is 486. The molecule has 0 saturated heterocycles. The molecule has 94 valence electrons. The number of anilines is 1. The first-order valence-corrected chi connectivity index (χ1v) is 6.09. The molecule has 1 aliphatic carbocycles. The van der Waals surface area contributed by atoms with Gasteiger partial charge in [-0.15, -0.1) is 0 Å². The molecular formula is C14H17N3O. The van der Waals surface area contributed by atoms with Crippen LogP contribution in [0.1, 0.15) is 23.2 Å². The average molecular weight is 243 g/mol. The minimum atomic E-state index is -0.0391. The predicted octanol–water partition coefficient (Wildman–Crippen LogP) is 1.88. The molecule has 1 amide bonds. The van der Waals surface area contributed by atoms with E-state index >= 15 is 0 Å². The summed E-state index contributed by atoms with van der Waals surface area (Å²) in [6.07, 6.45) is 2.03. The zero-order chi connectivity index (χ0) is 13.1. The molecule has 1 fully saturated rings. The highest BCUT2D eigenvalue weighted by atomic mass is 16.2. The van der Waals surface area contributed by atoms with Gasteiger partial charge in [-0.1, -0.05) is 6.07 Å². The molecule has 0 spiro atoms. The van der Waals surface area contributed by atoms with Crippen molar-refractivity contribution in [3.05, 3.63) is 29.8 Å². The zero-order valence-electron chi connectivity index (χ0n) is 10.8. The van der Waals surface area contributed by atoms with Gasteiger partial charge in [0.15, 0.2) is 0 Å². The van der Waals surface area contributed by atoms with E-state index in [0.29, 0.717) is 5.56 Å². The topological polar surface area (TPSA) is 47.3 Å². The maximum Gasteiger partial charge on any atom is 0.255 e. The summed E-state index contributed by atoms with van der Waals surface area (Å²) in [7, 11) is 3.88. The van der Waals surface area contributed by atoms with Crippen molar-refractivity contribution >= 4 is 11.6 Å². The second kappa shape index (κ2) is 5.09. The molecule has 2 rings (SSSR count). The molecule has 1 aromatic rings. The minimum Gasteiger partial charge on any atom is -0.378 e. The molecule has 4 nitrogen and oxygen atoms in total. The standard InChI is InChI=1S/C14H17N3O/c1-16(2)13-5-3-4-11(10-13)14(18)17(9-8-15)12-6-7-12/h3-5,10,12H,6-7,9H2,1-2H3. The van der Waals surface area contributed by atoms with Crippen LogP contribution in [0.2, 0.25) is 0 Å². The van der Waals surface area contributed by atoms with Crippen molar-refractivity contribution in [1.82, 2.24) is 4.90 Å². The van der Waals surface area contributed by atoms with Crippen LogP contribution < -0.4 is 4.90 Å². The van der Waals surface area contributed by atoms with Gasteiger partial charge < -0.3 is 9.80 Å². The SMILES string of the molecule is CN(C)c1cccc(C(=O)N(CC#N)C2CC2)c1. The van der Waals surface area contributed by atoms with E-state index in [4.69, 9.17) is 5.26 Å². The molecule has 18 heavy (non-hydrogen) atoms. The molecule has 0 radical (unpaired) electrons. The number of nitrogens with zero attached hydrogens (tertiary/aromatic N) is 3. The lowest BCUT2D eigenvalue weighted by Gasteiger charge is -2.20. The number of amides is 1. The Morgan fingerprint density at radius 3 is 2.72 bits per heavy atom. The lowest BCUT2D eigenvalue weighted by atomic mass is 10.1. The fraction of sp³-hybridized carbons (Fsp3) is 0.429. The van der Waals surface area contributed by atoms with Gasteiger partial charge in [-0.2, -0.15) is 5.26 Å². The van der Waals surface area contributed by atoms with E-state index in [-0.39, 0.29) is 18.5 Å². The van der Waals surface area contributed by atoms with Crippen LogP contribution in [0.3, 0.4) is 0 Å². The van der Waals surface area contributed by atoms with E-state index in [9.17, 15) is 4.79 Å². The second-order valence-corrected chi connectivity index (χ2v) is 4.77. The highest BCUT2D eigenvalue weighted by molar-refractivity contribution is 5.95. The average Bonchev–Trinajstić information content (AvgIpc) is 3.19. The quantitative estimate of drug-likeness (QED) is 0.759. The number of carbonyl (C=O) groups is 1. The van der Waals surface area contributed by atoms with E-state index < -0.39 is 0 Å². The minimum absolute atomic E-state index is 0.0391. The maximum atomic E-state index is 12.3. The summed E-state index contributed by atoms with van der Waals surface area (Å²) >= 11 is 0. The van der Waals surface area contributed by atoms with Gasteiger partial charge in [0.05, 0.1) is 6.07 Å². The molecule has 1 saturated carbocycles. The van der Waals surface area contributed by atoms with Gasteiger partial charge in [0.1, 0.15) is 6.54 Å². The number of hydrogen-bond donors (Lipinski definition) is 0. The molecule has 0 unspecified atom stereocenters. The first-order valence-electron chi connectivity index (χ1n) is 6.09. The van der Waals surface area contributed by atoms with Gasteiger partial charge in [0.2, 0.25) is 0 Å². The van der Waals surface area contributed by atoms with Gasteiger partial charge >= 0.3 is 0 Å². The van der Waals surface area contributed by atoms with Crippen LogP contribution in [-0.2, 0) is 0 Å². The monoisotopic (exact) mass is 243 g/mol. The van der Waals surface area contributed by atoms with Gasteiger partial charge in [-0.25, -0.2) is 0 Å². The van der Waals surface area contributed by atoms with Crippen LogP contribution in [0.15, 0.2) is 24.3 Å². The van der Waals surface area contributed by atoms with Crippen LogP contribution >= 0.6 is 0 Å². The van der Waals surface area contributed by atoms with Crippen molar-refractivity contribution < 1.29 is 4.79 Å². The maximum absolute atomic E-state index is 12.3. The van der Waals surface area contributed by atoms with Crippen molar-refractivity contribution in [2.45, 2.75) is 18.9 Å². The molecular weight excluding hydrogens is 226 g/mol. The fourth-order valence-corrected chi connectivity index (χ4v) is 1.91. The first kappa shape index (κ1) is 12.4. The van der Waals surface area contributed by atoms with E-state index in [1.165, 1.54) is 0 Å². The normalized spacial score (nSPS) is 13.8. The molecule has 4 heteroatoms. The Morgan fingerprint density at radius 1 is 1.44 bits per heavy atom. The van der Waals surface area contributed by atoms with Crippen LogP contribution in [0, 0.1) is 11.3 Å². The van der Waals surface area contributed by atoms with Gasteiger partial charge in [0.25, 0.3) is 5.91 Å². The first-order chi connectivity index (χ1) is 8.63. The summed E-state index contributed by atoms with van der Waals surface area (Å²) in [5.41, 5.74) is 1.65. The van der Waals surface area contributed by atoms with Crippen molar-refractivity contribution in [3.63, 3.8) is 0 Å². The summed E-state index contributed by atoms with van der Waals surface area (Å²) < 4.78 is 0. The number of nitriles is 1. The molecule has 0 atom stereocenters. The Labute approximate surface area is 107 Å². The van der Waals surface area contributed by atoms with Crippen LogP contribution in [0.5, 0.6) is 0 Å². The number of hydrogen-bond acceptors (Lipinski definition) is 3. The van der Waals surface area contributed by atoms with Gasteiger partial charge in [-0.3, -0.25) is 4.79 Å². The summed E-state index contributed by atoms with van der Waals surface area (Å²) in [6, 6.07) is 9.85. The van der Waals surface area contributed by atoms with Crippen LogP contribution in [0.25, 0.3) is 0 Å². The summed E-state index contributed by atoms with van der Waals surface area (Å²) in [5.74, 6) is -0.0391. The molecule has 0 N–H and O–H groups in total. The van der Waals surface area contributed by atoms with Crippen molar-refractivity contribution in [2.24, 2.45) is 0 Å². The highest BCUT2D eigenvalue weighted by Crippen LogP contribution is 2.28. The molecule has 0 heterocycles. The fourth-order valence-electron chi connectivity index (χ4n) is 1.91. The molecule has 0 bridgehead atoms. The third-order valence-electron chi connectivity index (χ3n) is 3.10. The Morgan fingerprint density at radius 2 is 2.17 bits per heavy atom.